The van der Waals surface area contributed by atoms with E-state index in [1.165, 1.54) is 12.1 Å². The second-order valence-corrected chi connectivity index (χ2v) is 8.45. The van der Waals surface area contributed by atoms with Crippen molar-refractivity contribution in [2.45, 2.75) is 4.90 Å². The fourth-order valence-electron chi connectivity index (χ4n) is 2.39. The van der Waals surface area contributed by atoms with E-state index in [-0.39, 0.29) is 34.5 Å². The number of hydrogen-bond acceptors (Lipinski definition) is 4. The summed E-state index contributed by atoms with van der Waals surface area (Å²) in [6, 6.07) is 21.4. The molecule has 3 aromatic carbocycles. The van der Waals surface area contributed by atoms with Crippen LogP contribution >= 0.6 is 31.9 Å². The maximum Gasteiger partial charge on any atom is 1.00 e. The van der Waals surface area contributed by atoms with Crippen LogP contribution in [0, 0.1) is 0 Å². The number of nitrogens with zero attached hydrogens (tertiary/aromatic N) is 1. The van der Waals surface area contributed by atoms with Gasteiger partial charge in [-0.15, -0.1) is 0 Å². The van der Waals surface area contributed by atoms with E-state index in [2.05, 4.69) is 31.9 Å². The number of rotatable bonds is 4. The quantitative estimate of drug-likeness (QED) is 0.405. The Bertz CT molecular complexity index is 931. The first kappa shape index (κ1) is 21.6. The third-order valence-corrected chi connectivity index (χ3v) is 5.46. The van der Waals surface area contributed by atoms with E-state index in [4.69, 9.17) is 0 Å². The molecule has 0 aromatic heterocycles. The Morgan fingerprint density at radius 2 is 0.962 bits per heavy atom. The molecule has 0 unspecified atom stereocenters. The maximum absolute atomic E-state index is 11.1. The van der Waals surface area contributed by atoms with Gasteiger partial charge in [-0.05, 0) is 72.8 Å². The van der Waals surface area contributed by atoms with Crippen LogP contribution in [0.3, 0.4) is 0 Å². The fraction of sp³-hybridized carbons (Fsp3) is 0. The van der Waals surface area contributed by atoms with Crippen molar-refractivity contribution in [3.05, 3.63) is 81.7 Å². The molecule has 0 heterocycles. The Morgan fingerprint density at radius 3 is 1.27 bits per heavy atom. The average Bonchev–Trinajstić information content (AvgIpc) is 2.58. The Balaban J connectivity index is 0.00000243. The second-order valence-electron chi connectivity index (χ2n) is 5.24. The van der Waals surface area contributed by atoms with Gasteiger partial charge in [0, 0.05) is 26.0 Å². The number of halogens is 2. The van der Waals surface area contributed by atoms with Gasteiger partial charge < -0.3 is 9.45 Å². The van der Waals surface area contributed by atoms with Crippen molar-refractivity contribution in [1.82, 2.24) is 0 Å². The van der Waals surface area contributed by atoms with Crippen LogP contribution in [0.4, 0.5) is 17.1 Å². The third kappa shape index (κ3) is 5.19. The van der Waals surface area contributed by atoms with Gasteiger partial charge in [0.05, 0.1) is 4.90 Å². The van der Waals surface area contributed by atoms with Crippen LogP contribution in [-0.4, -0.2) is 13.0 Å². The van der Waals surface area contributed by atoms with Gasteiger partial charge in [-0.3, -0.25) is 0 Å². The van der Waals surface area contributed by atoms with E-state index in [9.17, 15) is 13.0 Å². The summed E-state index contributed by atoms with van der Waals surface area (Å²) in [6.45, 7) is 0. The predicted molar refractivity (Wildman–Crippen MR) is 104 cm³/mol. The molecule has 0 saturated carbocycles. The van der Waals surface area contributed by atoms with Crippen molar-refractivity contribution in [2.75, 3.05) is 4.90 Å². The van der Waals surface area contributed by atoms with Gasteiger partial charge in [0.1, 0.15) is 10.1 Å². The molecule has 4 nitrogen and oxygen atoms in total. The zero-order valence-electron chi connectivity index (χ0n) is 13.8. The van der Waals surface area contributed by atoms with E-state index >= 15 is 0 Å². The molecule has 3 aromatic rings. The smallest absolute Gasteiger partial charge is 0.744 e. The van der Waals surface area contributed by atoms with Crippen LogP contribution in [0.5, 0.6) is 0 Å². The molecule has 26 heavy (non-hydrogen) atoms. The Morgan fingerprint density at radius 1 is 0.654 bits per heavy atom. The zero-order valence-corrected chi connectivity index (χ0v) is 19.8. The zero-order chi connectivity index (χ0) is 18.0. The Labute approximate surface area is 191 Å². The summed E-state index contributed by atoms with van der Waals surface area (Å²) >= 11 is 6.84. The third-order valence-electron chi connectivity index (χ3n) is 3.55. The Kier molecular flexibility index (Phi) is 7.50. The molecule has 0 aliphatic rings. The van der Waals surface area contributed by atoms with Crippen molar-refractivity contribution in [1.29, 1.82) is 0 Å². The van der Waals surface area contributed by atoms with Crippen LogP contribution in [0.15, 0.2) is 86.6 Å². The van der Waals surface area contributed by atoms with Crippen LogP contribution in [0.2, 0.25) is 0 Å². The molecule has 3 rings (SSSR count). The van der Waals surface area contributed by atoms with Gasteiger partial charge in [0.25, 0.3) is 0 Å². The molecule has 0 fully saturated rings. The van der Waals surface area contributed by atoms with E-state index in [0.29, 0.717) is 0 Å². The van der Waals surface area contributed by atoms with Gasteiger partial charge in [-0.25, -0.2) is 8.42 Å². The molecule has 0 aliphatic carbocycles. The summed E-state index contributed by atoms with van der Waals surface area (Å²) < 4.78 is 35.4. The van der Waals surface area contributed by atoms with Crippen LogP contribution < -0.4 is 34.5 Å². The molecule has 0 radical (unpaired) electrons. The van der Waals surface area contributed by atoms with Crippen LogP contribution in [0.1, 0.15) is 0 Å². The molecule has 0 spiro atoms. The van der Waals surface area contributed by atoms with Gasteiger partial charge in [-0.1, -0.05) is 31.9 Å². The summed E-state index contributed by atoms with van der Waals surface area (Å²) in [6.07, 6.45) is 0. The van der Waals surface area contributed by atoms with Crippen molar-refractivity contribution < 1.29 is 42.5 Å². The number of anilines is 3. The van der Waals surface area contributed by atoms with Crippen LogP contribution in [0.25, 0.3) is 0 Å². The van der Waals surface area contributed by atoms with Crippen molar-refractivity contribution >= 4 is 59.0 Å². The second kappa shape index (κ2) is 9.01. The van der Waals surface area contributed by atoms with Gasteiger partial charge in [-0.2, -0.15) is 0 Å². The van der Waals surface area contributed by atoms with Gasteiger partial charge >= 0.3 is 29.6 Å². The molecule has 0 aliphatic heterocycles. The van der Waals surface area contributed by atoms with Crippen molar-refractivity contribution in [3.63, 3.8) is 0 Å². The molecule has 128 valence electrons. The number of hydrogen-bond donors (Lipinski definition) is 0. The Hall–Kier alpha value is -0.670. The molecule has 8 heteroatoms. The summed E-state index contributed by atoms with van der Waals surface area (Å²) in [7, 11) is -4.47. The van der Waals surface area contributed by atoms with E-state index < -0.39 is 10.1 Å². The van der Waals surface area contributed by atoms with Gasteiger partial charge in [0.15, 0.2) is 0 Å². The largest absolute Gasteiger partial charge is 1.00 e. The van der Waals surface area contributed by atoms with Crippen molar-refractivity contribution in [2.24, 2.45) is 0 Å². The minimum absolute atomic E-state index is 0. The molecule has 0 atom stereocenters. The van der Waals surface area contributed by atoms with E-state index in [1.807, 2.05) is 53.4 Å². The molecule has 0 N–H and O–H groups in total. The molecular formula is C18H12Br2NNaO3S. The fourth-order valence-corrected chi connectivity index (χ4v) is 3.39. The van der Waals surface area contributed by atoms with E-state index in [0.717, 1.165) is 26.0 Å². The first-order valence-electron chi connectivity index (χ1n) is 7.22. The molecule has 0 amide bonds. The van der Waals surface area contributed by atoms with Crippen molar-refractivity contribution in [3.8, 4) is 0 Å². The minimum atomic E-state index is -4.47. The van der Waals surface area contributed by atoms with Gasteiger partial charge in [0.2, 0.25) is 0 Å². The topological polar surface area (TPSA) is 60.4 Å². The summed E-state index contributed by atoms with van der Waals surface area (Å²) in [4.78, 5) is 1.72. The van der Waals surface area contributed by atoms with E-state index in [1.54, 1.807) is 12.1 Å². The summed E-state index contributed by atoms with van der Waals surface area (Å²) in [5.41, 5.74) is 2.56. The standard InChI is InChI=1S/C18H13Br2NO3S.Na/c19-13-1-5-15(6-2-13)21(16-7-3-14(20)4-8-16)17-9-11-18(12-10-17)25(22,23)24;/h1-12H,(H,22,23,24);/q;+1/p-1. The number of benzene rings is 3. The maximum atomic E-state index is 11.1. The van der Waals surface area contributed by atoms with Crippen LogP contribution in [-0.2, 0) is 10.1 Å². The molecule has 0 bridgehead atoms. The normalized spacial score (nSPS) is 10.9. The monoisotopic (exact) mass is 503 g/mol. The minimum Gasteiger partial charge on any atom is -0.744 e. The molecule has 0 saturated heterocycles. The predicted octanol–water partition coefficient (Wildman–Crippen LogP) is 2.59. The summed E-state index contributed by atoms with van der Waals surface area (Å²) in [5.74, 6) is 0. The SMILES string of the molecule is O=S(=O)([O-])c1ccc(N(c2ccc(Br)cc2)c2ccc(Br)cc2)cc1.[Na+]. The first-order chi connectivity index (χ1) is 11.8. The average molecular weight is 505 g/mol. The summed E-state index contributed by atoms with van der Waals surface area (Å²) in [5, 5.41) is 0. The molecular weight excluding hydrogens is 493 g/mol. The first-order valence-corrected chi connectivity index (χ1v) is 10.2.